The largest absolute Gasteiger partial charge is 0.346 e. The van der Waals surface area contributed by atoms with E-state index in [9.17, 15) is 0 Å². The van der Waals surface area contributed by atoms with Crippen LogP contribution in [-0.4, -0.2) is 9.97 Å². The topological polar surface area (TPSA) is 55.4 Å². The Labute approximate surface area is 63.7 Å². The highest BCUT2D eigenvalue weighted by atomic mass is 14.9. The molecule has 0 unspecified atom stereocenters. The fourth-order valence-corrected chi connectivity index (χ4v) is 1.23. The molecule has 0 atom stereocenters. The third-order valence-electron chi connectivity index (χ3n) is 1.72. The van der Waals surface area contributed by atoms with E-state index in [1.807, 2.05) is 13.0 Å². The second-order valence-electron chi connectivity index (χ2n) is 2.56. The van der Waals surface area contributed by atoms with E-state index in [1.54, 1.807) is 6.20 Å². The smallest absolute Gasteiger partial charge is 0.116 e. The number of rotatable bonds is 0. The van der Waals surface area contributed by atoms with Gasteiger partial charge in [0.15, 0.2) is 0 Å². The van der Waals surface area contributed by atoms with E-state index in [1.165, 1.54) is 0 Å². The van der Waals surface area contributed by atoms with Crippen molar-refractivity contribution in [2.75, 3.05) is 0 Å². The minimum Gasteiger partial charge on any atom is -0.346 e. The fourth-order valence-electron chi connectivity index (χ4n) is 1.23. The van der Waals surface area contributed by atoms with Crippen molar-refractivity contribution in [2.24, 2.45) is 0 Å². The molecule has 2 heterocycles. The zero-order chi connectivity index (χ0) is 7.84. The number of nitrogens with one attached hydrogen (secondary N) is 2. The maximum atomic E-state index is 8.65. The molecule has 3 heteroatoms. The molecule has 0 saturated carbocycles. The molecule has 0 aliphatic heterocycles. The van der Waals surface area contributed by atoms with E-state index in [4.69, 9.17) is 5.26 Å². The number of nitriles is 1. The summed E-state index contributed by atoms with van der Waals surface area (Å²) in [7, 11) is 0. The molecule has 2 N–H and O–H groups in total. The van der Waals surface area contributed by atoms with Crippen LogP contribution in [0.5, 0.6) is 0 Å². The minimum absolute atomic E-state index is 0.698. The van der Waals surface area contributed by atoms with E-state index in [0.29, 0.717) is 5.56 Å². The van der Waals surface area contributed by atoms with Gasteiger partial charge in [-0.3, -0.25) is 0 Å². The zero-order valence-electron chi connectivity index (χ0n) is 6.10. The number of aromatic amines is 2. The SMILES string of the molecule is Cc1cc2c(C#N)c[nH]c2[nH]1. The van der Waals surface area contributed by atoms with Crippen LogP contribution in [0.15, 0.2) is 12.3 Å². The third kappa shape index (κ3) is 0.729. The fraction of sp³-hybridized carbons (Fsp3) is 0.125. The van der Waals surface area contributed by atoms with E-state index >= 15 is 0 Å². The first kappa shape index (κ1) is 6.05. The van der Waals surface area contributed by atoms with Crippen molar-refractivity contribution in [3.63, 3.8) is 0 Å². The third-order valence-corrected chi connectivity index (χ3v) is 1.72. The van der Waals surface area contributed by atoms with Gasteiger partial charge in [-0.1, -0.05) is 0 Å². The highest BCUT2D eigenvalue weighted by molar-refractivity contribution is 5.83. The Kier molecular flexibility index (Phi) is 1.04. The van der Waals surface area contributed by atoms with Gasteiger partial charge in [-0.2, -0.15) is 5.26 Å². The monoisotopic (exact) mass is 145 g/mol. The average molecular weight is 145 g/mol. The molecule has 0 radical (unpaired) electrons. The van der Waals surface area contributed by atoms with Crippen LogP contribution in [0.4, 0.5) is 0 Å². The lowest BCUT2D eigenvalue weighted by molar-refractivity contribution is 1.25. The van der Waals surface area contributed by atoms with Crippen LogP contribution in [0.3, 0.4) is 0 Å². The van der Waals surface area contributed by atoms with Crippen LogP contribution < -0.4 is 0 Å². The molecule has 0 aliphatic rings. The Hall–Kier alpha value is -1.69. The van der Waals surface area contributed by atoms with Crippen molar-refractivity contribution < 1.29 is 0 Å². The lowest BCUT2D eigenvalue weighted by Gasteiger charge is -1.76. The second-order valence-corrected chi connectivity index (χ2v) is 2.56. The summed E-state index contributed by atoms with van der Waals surface area (Å²) in [4.78, 5) is 6.09. The van der Waals surface area contributed by atoms with Crippen LogP contribution in [-0.2, 0) is 0 Å². The van der Waals surface area contributed by atoms with E-state index in [2.05, 4.69) is 16.0 Å². The molecule has 0 bridgehead atoms. The normalized spacial score (nSPS) is 10.2. The van der Waals surface area contributed by atoms with Crippen molar-refractivity contribution in [3.8, 4) is 6.07 Å². The first-order valence-electron chi connectivity index (χ1n) is 3.38. The molecule has 2 aromatic heterocycles. The minimum atomic E-state index is 0.698. The van der Waals surface area contributed by atoms with Crippen molar-refractivity contribution in [1.29, 1.82) is 5.26 Å². The summed E-state index contributed by atoms with van der Waals surface area (Å²) >= 11 is 0. The highest BCUT2D eigenvalue weighted by Crippen LogP contribution is 2.17. The molecular weight excluding hydrogens is 138 g/mol. The molecular formula is C8H7N3. The summed E-state index contributed by atoms with van der Waals surface area (Å²) in [5.74, 6) is 0. The molecule has 54 valence electrons. The van der Waals surface area contributed by atoms with Gasteiger partial charge in [0.1, 0.15) is 11.7 Å². The number of nitrogens with zero attached hydrogens (tertiary/aromatic N) is 1. The standard InChI is InChI=1S/C8H7N3/c1-5-2-7-6(3-9)4-10-8(7)11-5/h2,4,10-11H,1H3. The van der Waals surface area contributed by atoms with Crippen LogP contribution in [0.25, 0.3) is 11.0 Å². The van der Waals surface area contributed by atoms with E-state index in [0.717, 1.165) is 16.7 Å². The molecule has 0 spiro atoms. The predicted octanol–water partition coefficient (Wildman–Crippen LogP) is 1.68. The molecule has 0 aliphatic carbocycles. The Morgan fingerprint density at radius 1 is 1.55 bits per heavy atom. The molecule has 0 fully saturated rings. The Balaban J connectivity index is 2.86. The number of hydrogen-bond acceptors (Lipinski definition) is 1. The first-order valence-corrected chi connectivity index (χ1v) is 3.38. The van der Waals surface area contributed by atoms with Gasteiger partial charge in [-0.05, 0) is 13.0 Å². The Morgan fingerprint density at radius 2 is 2.36 bits per heavy atom. The van der Waals surface area contributed by atoms with Crippen LogP contribution in [0, 0.1) is 18.3 Å². The van der Waals surface area contributed by atoms with Crippen LogP contribution in [0.2, 0.25) is 0 Å². The van der Waals surface area contributed by atoms with E-state index < -0.39 is 0 Å². The maximum Gasteiger partial charge on any atom is 0.116 e. The lowest BCUT2D eigenvalue weighted by atomic mass is 10.2. The summed E-state index contributed by atoms with van der Waals surface area (Å²) in [6.45, 7) is 1.97. The number of fused-ring (bicyclic) bond motifs is 1. The Bertz CT molecular complexity index is 428. The predicted molar refractivity (Wildman–Crippen MR) is 42.1 cm³/mol. The summed E-state index contributed by atoms with van der Waals surface area (Å²) < 4.78 is 0. The van der Waals surface area contributed by atoms with Crippen molar-refractivity contribution >= 4 is 11.0 Å². The number of H-pyrrole nitrogens is 2. The van der Waals surface area contributed by atoms with Gasteiger partial charge in [0, 0.05) is 17.3 Å². The quantitative estimate of drug-likeness (QED) is 0.582. The molecule has 3 nitrogen and oxygen atoms in total. The van der Waals surface area contributed by atoms with Gasteiger partial charge in [0.25, 0.3) is 0 Å². The lowest BCUT2D eigenvalue weighted by Crippen LogP contribution is -1.67. The van der Waals surface area contributed by atoms with Gasteiger partial charge < -0.3 is 9.97 Å². The molecule has 0 amide bonds. The van der Waals surface area contributed by atoms with Gasteiger partial charge in [0.2, 0.25) is 0 Å². The molecule has 2 aromatic rings. The van der Waals surface area contributed by atoms with Crippen LogP contribution >= 0.6 is 0 Å². The summed E-state index contributed by atoms with van der Waals surface area (Å²) in [6.07, 6.45) is 1.71. The highest BCUT2D eigenvalue weighted by Gasteiger charge is 2.03. The number of aromatic nitrogens is 2. The van der Waals surface area contributed by atoms with Gasteiger partial charge in [-0.15, -0.1) is 0 Å². The first-order chi connectivity index (χ1) is 5.31. The molecule has 0 saturated heterocycles. The van der Waals surface area contributed by atoms with Gasteiger partial charge >= 0.3 is 0 Å². The second kappa shape index (κ2) is 1.89. The maximum absolute atomic E-state index is 8.65. The number of aryl methyl sites for hydroxylation is 1. The average Bonchev–Trinajstić information content (AvgIpc) is 2.45. The molecule has 2 rings (SSSR count). The molecule has 11 heavy (non-hydrogen) atoms. The van der Waals surface area contributed by atoms with E-state index in [-0.39, 0.29) is 0 Å². The van der Waals surface area contributed by atoms with Gasteiger partial charge in [0.05, 0.1) is 5.56 Å². The van der Waals surface area contributed by atoms with Crippen LogP contribution in [0.1, 0.15) is 11.3 Å². The van der Waals surface area contributed by atoms with Crippen molar-refractivity contribution in [1.82, 2.24) is 9.97 Å². The van der Waals surface area contributed by atoms with Crippen molar-refractivity contribution in [3.05, 3.63) is 23.5 Å². The summed E-state index contributed by atoms with van der Waals surface area (Å²) in [6, 6.07) is 4.07. The van der Waals surface area contributed by atoms with Gasteiger partial charge in [-0.25, -0.2) is 0 Å². The molecule has 0 aromatic carbocycles. The summed E-state index contributed by atoms with van der Waals surface area (Å²) in [5.41, 5.74) is 2.70. The van der Waals surface area contributed by atoms with Crippen molar-refractivity contribution in [2.45, 2.75) is 6.92 Å². The Morgan fingerprint density at radius 3 is 3.09 bits per heavy atom. The zero-order valence-corrected chi connectivity index (χ0v) is 6.10. The summed E-state index contributed by atoms with van der Waals surface area (Å²) in [5, 5.41) is 9.63. The number of hydrogen-bond donors (Lipinski definition) is 2.